The van der Waals surface area contributed by atoms with Crippen LogP contribution < -0.4 is 10.6 Å². The molecule has 0 amide bonds. The zero-order chi connectivity index (χ0) is 21.3. The number of nitrogens with one attached hydrogen (secondary N) is 2. The van der Waals surface area contributed by atoms with E-state index in [1.807, 2.05) is 19.1 Å². The van der Waals surface area contributed by atoms with Crippen molar-refractivity contribution in [2.24, 2.45) is 4.99 Å². The van der Waals surface area contributed by atoms with Gasteiger partial charge in [-0.2, -0.15) is 0 Å². The fourth-order valence-corrected chi connectivity index (χ4v) is 3.92. The zero-order valence-electron chi connectivity index (χ0n) is 17.8. The van der Waals surface area contributed by atoms with Gasteiger partial charge in [-0.1, -0.05) is 53.5 Å². The number of aliphatic hydroxyl groups is 1. The van der Waals surface area contributed by atoms with E-state index in [4.69, 9.17) is 23.2 Å². The maximum Gasteiger partial charge on any atom is 0.191 e. The minimum absolute atomic E-state index is 0. The van der Waals surface area contributed by atoms with Crippen molar-refractivity contribution in [2.45, 2.75) is 45.5 Å². The minimum atomic E-state index is -0.128. The van der Waals surface area contributed by atoms with Gasteiger partial charge in [-0.05, 0) is 48.6 Å². The average molecular weight is 577 g/mol. The average Bonchev–Trinajstić information content (AvgIpc) is 2.74. The van der Waals surface area contributed by atoms with E-state index in [2.05, 4.69) is 44.8 Å². The van der Waals surface area contributed by atoms with Crippen LogP contribution in [0.15, 0.2) is 47.5 Å². The van der Waals surface area contributed by atoms with Crippen LogP contribution >= 0.6 is 47.2 Å². The summed E-state index contributed by atoms with van der Waals surface area (Å²) in [5.41, 5.74) is 3.43. The molecule has 1 aliphatic heterocycles. The van der Waals surface area contributed by atoms with Crippen LogP contribution in [0.25, 0.3) is 0 Å². The van der Waals surface area contributed by atoms with E-state index >= 15 is 0 Å². The van der Waals surface area contributed by atoms with Gasteiger partial charge < -0.3 is 15.7 Å². The second kappa shape index (κ2) is 13.5. The molecule has 1 heterocycles. The Morgan fingerprint density at radius 1 is 1.06 bits per heavy atom. The van der Waals surface area contributed by atoms with Crippen molar-refractivity contribution in [1.29, 1.82) is 0 Å². The van der Waals surface area contributed by atoms with E-state index in [0.717, 1.165) is 56.1 Å². The highest BCUT2D eigenvalue weighted by atomic mass is 127. The molecule has 0 saturated carbocycles. The summed E-state index contributed by atoms with van der Waals surface area (Å²) in [4.78, 5) is 7.08. The Morgan fingerprint density at radius 3 is 2.39 bits per heavy atom. The largest absolute Gasteiger partial charge is 0.393 e. The predicted octanol–water partition coefficient (Wildman–Crippen LogP) is 4.82. The van der Waals surface area contributed by atoms with Gasteiger partial charge in [0.2, 0.25) is 0 Å². The lowest BCUT2D eigenvalue weighted by Gasteiger charge is -2.29. The first-order chi connectivity index (χ1) is 14.5. The number of guanidine groups is 1. The highest BCUT2D eigenvalue weighted by molar-refractivity contribution is 14.0. The molecule has 0 spiro atoms. The molecule has 1 fully saturated rings. The molecule has 2 aromatic carbocycles. The van der Waals surface area contributed by atoms with Crippen molar-refractivity contribution in [3.63, 3.8) is 0 Å². The van der Waals surface area contributed by atoms with Crippen molar-refractivity contribution in [3.8, 4) is 0 Å². The lowest BCUT2D eigenvalue weighted by Crippen LogP contribution is -2.36. The van der Waals surface area contributed by atoms with Gasteiger partial charge in [0, 0.05) is 42.8 Å². The normalized spacial score (nSPS) is 15.4. The summed E-state index contributed by atoms with van der Waals surface area (Å²) in [6, 6.07) is 14.1. The van der Waals surface area contributed by atoms with Gasteiger partial charge >= 0.3 is 0 Å². The van der Waals surface area contributed by atoms with Crippen LogP contribution in [0, 0.1) is 0 Å². The summed E-state index contributed by atoms with van der Waals surface area (Å²) < 4.78 is 0. The van der Waals surface area contributed by atoms with Crippen LogP contribution in [0.3, 0.4) is 0 Å². The fourth-order valence-electron chi connectivity index (χ4n) is 3.44. The second-order valence-electron chi connectivity index (χ2n) is 7.61. The first kappa shape index (κ1) is 26.2. The lowest BCUT2D eigenvalue weighted by molar-refractivity contribution is 0.0792. The third-order valence-electron chi connectivity index (χ3n) is 5.21. The molecule has 31 heavy (non-hydrogen) atoms. The highest BCUT2D eigenvalue weighted by Gasteiger charge is 2.16. The van der Waals surface area contributed by atoms with E-state index in [1.165, 1.54) is 5.56 Å². The number of aliphatic imine (C=N–C) groups is 1. The Morgan fingerprint density at radius 2 is 1.74 bits per heavy atom. The van der Waals surface area contributed by atoms with Crippen LogP contribution in [0.4, 0.5) is 0 Å². The lowest BCUT2D eigenvalue weighted by atomic mass is 10.1. The molecule has 2 aromatic rings. The second-order valence-corrected chi connectivity index (χ2v) is 8.45. The van der Waals surface area contributed by atoms with E-state index < -0.39 is 0 Å². The summed E-state index contributed by atoms with van der Waals surface area (Å²) in [5, 5.41) is 17.5. The standard InChI is InChI=1S/C23H30Cl2N4O.HI/c1-2-26-23(28-15-19-7-8-20(24)13-22(19)25)27-14-17-3-5-18(6-4-17)16-29-11-9-21(30)10-12-29;/h3-8,13,21,30H,2,9-12,14-16H2,1H3,(H2,26,27,28);1H. The van der Waals surface area contributed by atoms with Crippen LogP contribution in [-0.4, -0.2) is 41.7 Å². The van der Waals surface area contributed by atoms with Gasteiger partial charge in [0.15, 0.2) is 5.96 Å². The van der Waals surface area contributed by atoms with Crippen LogP contribution in [0.2, 0.25) is 10.0 Å². The van der Waals surface area contributed by atoms with Crippen LogP contribution in [0.5, 0.6) is 0 Å². The SMILES string of the molecule is CCNC(=NCc1ccc(CN2CCC(O)CC2)cc1)NCc1ccc(Cl)cc1Cl.I. The molecule has 0 atom stereocenters. The number of piperidine rings is 1. The molecule has 0 aliphatic carbocycles. The molecule has 0 bridgehead atoms. The van der Waals surface area contributed by atoms with Crippen LogP contribution in [0.1, 0.15) is 36.5 Å². The number of likely N-dealkylation sites (tertiary alicyclic amines) is 1. The van der Waals surface area contributed by atoms with Gasteiger partial charge in [-0.3, -0.25) is 4.90 Å². The molecule has 170 valence electrons. The summed E-state index contributed by atoms with van der Waals surface area (Å²) in [6.07, 6.45) is 1.61. The third kappa shape index (κ3) is 8.77. The van der Waals surface area contributed by atoms with E-state index in [1.54, 1.807) is 6.07 Å². The van der Waals surface area contributed by atoms with E-state index in [0.29, 0.717) is 23.1 Å². The number of aliphatic hydroxyl groups excluding tert-OH is 1. The molecular weight excluding hydrogens is 546 g/mol. The number of hydrogen-bond donors (Lipinski definition) is 3. The summed E-state index contributed by atoms with van der Waals surface area (Å²) in [5.74, 6) is 0.750. The van der Waals surface area contributed by atoms with Gasteiger partial charge in [0.1, 0.15) is 0 Å². The Bertz CT molecular complexity index is 840. The third-order valence-corrected chi connectivity index (χ3v) is 5.80. The summed E-state index contributed by atoms with van der Waals surface area (Å²) in [7, 11) is 0. The summed E-state index contributed by atoms with van der Waals surface area (Å²) in [6.45, 7) is 6.85. The van der Waals surface area contributed by atoms with Crippen molar-refractivity contribution in [2.75, 3.05) is 19.6 Å². The fraction of sp³-hybridized carbons (Fsp3) is 0.435. The smallest absolute Gasteiger partial charge is 0.191 e. The molecule has 5 nitrogen and oxygen atoms in total. The molecule has 8 heteroatoms. The molecule has 0 aromatic heterocycles. The Hall–Kier alpha value is -1.06. The van der Waals surface area contributed by atoms with Gasteiger partial charge in [0.25, 0.3) is 0 Å². The number of benzene rings is 2. The monoisotopic (exact) mass is 576 g/mol. The van der Waals surface area contributed by atoms with E-state index in [-0.39, 0.29) is 30.1 Å². The number of hydrogen-bond acceptors (Lipinski definition) is 3. The summed E-state index contributed by atoms with van der Waals surface area (Å²) >= 11 is 12.2. The maximum absolute atomic E-state index is 9.64. The first-order valence-corrected chi connectivity index (χ1v) is 11.2. The Balaban J connectivity index is 0.00000341. The topological polar surface area (TPSA) is 59.9 Å². The maximum atomic E-state index is 9.64. The zero-order valence-corrected chi connectivity index (χ0v) is 21.6. The molecule has 3 rings (SSSR count). The van der Waals surface area contributed by atoms with Gasteiger partial charge in [-0.25, -0.2) is 4.99 Å². The van der Waals surface area contributed by atoms with Gasteiger partial charge in [0.05, 0.1) is 12.6 Å². The molecule has 3 N–H and O–H groups in total. The molecule has 1 saturated heterocycles. The minimum Gasteiger partial charge on any atom is -0.393 e. The van der Waals surface area contributed by atoms with Crippen molar-refractivity contribution in [3.05, 3.63) is 69.2 Å². The Labute approximate surface area is 212 Å². The van der Waals surface area contributed by atoms with Crippen molar-refractivity contribution >= 4 is 53.1 Å². The number of nitrogens with zero attached hydrogens (tertiary/aromatic N) is 2. The number of rotatable bonds is 7. The number of halogens is 3. The predicted molar refractivity (Wildman–Crippen MR) is 140 cm³/mol. The first-order valence-electron chi connectivity index (χ1n) is 10.5. The Kier molecular flexibility index (Phi) is 11.4. The molecule has 0 radical (unpaired) electrons. The van der Waals surface area contributed by atoms with Gasteiger partial charge in [-0.15, -0.1) is 24.0 Å². The van der Waals surface area contributed by atoms with Crippen molar-refractivity contribution in [1.82, 2.24) is 15.5 Å². The molecular formula is C23H31Cl2IN4O. The quantitative estimate of drug-likeness (QED) is 0.251. The molecule has 1 aliphatic rings. The molecule has 0 unspecified atom stereocenters. The van der Waals surface area contributed by atoms with E-state index in [9.17, 15) is 5.11 Å². The van der Waals surface area contributed by atoms with Crippen molar-refractivity contribution < 1.29 is 5.11 Å². The highest BCUT2D eigenvalue weighted by Crippen LogP contribution is 2.20. The van der Waals surface area contributed by atoms with Crippen LogP contribution in [-0.2, 0) is 19.6 Å².